The second-order valence-electron chi connectivity index (χ2n) is 7.10. The van der Waals surface area contributed by atoms with Crippen LogP contribution in [0.2, 0.25) is 0 Å². The SMILES string of the molecule is CN(C)c1cc(C2CCCN2C(=O)c2cnc(C3CC3)nc2)ccn1. The van der Waals surface area contributed by atoms with Crippen LogP contribution in [-0.2, 0) is 0 Å². The standard InChI is InChI=1S/C19H23N5O/c1-23(2)17-10-14(7-8-20-17)16-4-3-9-24(16)19(25)15-11-21-18(22-12-15)13-5-6-13/h7-8,10-13,16H,3-6,9H2,1-2H3. The second-order valence-corrected chi connectivity index (χ2v) is 7.10. The van der Waals surface area contributed by atoms with Gasteiger partial charge in [-0.3, -0.25) is 4.79 Å². The molecule has 130 valence electrons. The van der Waals surface area contributed by atoms with Gasteiger partial charge in [-0.2, -0.15) is 0 Å². The Kier molecular flexibility index (Phi) is 4.11. The average molecular weight is 337 g/mol. The Morgan fingerprint density at radius 3 is 2.60 bits per heavy atom. The molecule has 1 atom stereocenters. The first kappa shape index (κ1) is 16.0. The molecule has 1 saturated carbocycles. The van der Waals surface area contributed by atoms with Gasteiger partial charge in [-0.15, -0.1) is 0 Å². The maximum Gasteiger partial charge on any atom is 0.257 e. The number of rotatable bonds is 4. The normalized spacial score (nSPS) is 19.9. The zero-order valence-corrected chi connectivity index (χ0v) is 14.7. The minimum atomic E-state index is 0.0214. The van der Waals surface area contributed by atoms with Crippen molar-refractivity contribution in [1.29, 1.82) is 0 Å². The summed E-state index contributed by atoms with van der Waals surface area (Å²) in [6, 6.07) is 4.18. The third kappa shape index (κ3) is 3.21. The number of hydrogen-bond donors (Lipinski definition) is 0. The molecule has 25 heavy (non-hydrogen) atoms. The summed E-state index contributed by atoms with van der Waals surface area (Å²) in [5, 5.41) is 0. The van der Waals surface area contributed by atoms with E-state index in [1.165, 1.54) is 0 Å². The first-order chi connectivity index (χ1) is 12.1. The number of carbonyl (C=O) groups excluding carboxylic acids is 1. The average Bonchev–Trinajstić information content (AvgIpc) is 3.38. The molecule has 2 aromatic rings. The Morgan fingerprint density at radius 2 is 1.92 bits per heavy atom. The minimum absolute atomic E-state index is 0.0214. The quantitative estimate of drug-likeness (QED) is 0.858. The summed E-state index contributed by atoms with van der Waals surface area (Å²) in [5.41, 5.74) is 1.72. The molecule has 0 aromatic carbocycles. The van der Waals surface area contributed by atoms with Gasteiger partial charge in [0.05, 0.1) is 11.6 Å². The Labute approximate surface area is 147 Å². The molecule has 0 radical (unpaired) electrons. The lowest BCUT2D eigenvalue weighted by atomic mass is 10.1. The first-order valence-electron chi connectivity index (χ1n) is 8.89. The number of pyridine rings is 1. The van der Waals surface area contributed by atoms with E-state index in [1.54, 1.807) is 12.4 Å². The van der Waals surface area contributed by atoms with Crippen molar-refractivity contribution >= 4 is 11.7 Å². The van der Waals surface area contributed by atoms with E-state index in [4.69, 9.17) is 0 Å². The van der Waals surface area contributed by atoms with Crippen molar-refractivity contribution in [2.45, 2.75) is 37.6 Å². The predicted molar refractivity (Wildman–Crippen MR) is 95.6 cm³/mol. The predicted octanol–water partition coefficient (Wildman–Crippen LogP) is 2.79. The molecule has 0 bridgehead atoms. The molecule has 1 aliphatic carbocycles. The zero-order chi connectivity index (χ0) is 17.4. The van der Waals surface area contributed by atoms with Crippen LogP contribution < -0.4 is 4.90 Å². The molecule has 3 heterocycles. The highest BCUT2D eigenvalue weighted by Crippen LogP contribution is 2.38. The van der Waals surface area contributed by atoms with Crippen LogP contribution in [0.4, 0.5) is 5.82 Å². The lowest BCUT2D eigenvalue weighted by molar-refractivity contribution is 0.0734. The Balaban J connectivity index is 1.56. The largest absolute Gasteiger partial charge is 0.363 e. The van der Waals surface area contributed by atoms with Crippen LogP contribution >= 0.6 is 0 Å². The number of hydrogen-bond acceptors (Lipinski definition) is 5. The van der Waals surface area contributed by atoms with Crippen molar-refractivity contribution in [2.24, 2.45) is 0 Å². The summed E-state index contributed by atoms with van der Waals surface area (Å²) in [5.74, 6) is 2.31. The molecule has 6 nitrogen and oxygen atoms in total. The number of aromatic nitrogens is 3. The van der Waals surface area contributed by atoms with Crippen molar-refractivity contribution in [2.75, 3.05) is 25.5 Å². The van der Waals surface area contributed by atoms with Crippen molar-refractivity contribution in [3.8, 4) is 0 Å². The van der Waals surface area contributed by atoms with Crippen molar-refractivity contribution in [3.63, 3.8) is 0 Å². The fraction of sp³-hybridized carbons (Fsp3) is 0.474. The van der Waals surface area contributed by atoms with Gasteiger partial charge >= 0.3 is 0 Å². The molecule has 2 aromatic heterocycles. The maximum absolute atomic E-state index is 13.0. The van der Waals surface area contributed by atoms with Crippen LogP contribution in [0.25, 0.3) is 0 Å². The molecule has 1 unspecified atom stereocenters. The zero-order valence-electron chi connectivity index (χ0n) is 14.7. The molecule has 1 amide bonds. The smallest absolute Gasteiger partial charge is 0.257 e. The van der Waals surface area contributed by atoms with Gasteiger partial charge in [0.1, 0.15) is 11.6 Å². The van der Waals surface area contributed by atoms with Crippen LogP contribution in [0.1, 0.15) is 59.4 Å². The van der Waals surface area contributed by atoms with Gasteiger partial charge in [-0.25, -0.2) is 15.0 Å². The molecule has 2 fully saturated rings. The Bertz CT molecular complexity index is 770. The van der Waals surface area contributed by atoms with E-state index in [0.29, 0.717) is 11.5 Å². The highest BCUT2D eigenvalue weighted by atomic mass is 16.2. The Hall–Kier alpha value is -2.50. The molecule has 4 rings (SSSR count). The molecule has 0 spiro atoms. The number of carbonyl (C=O) groups is 1. The van der Waals surface area contributed by atoms with E-state index >= 15 is 0 Å². The lowest BCUT2D eigenvalue weighted by Crippen LogP contribution is -2.31. The second kappa shape index (κ2) is 6.43. The fourth-order valence-corrected chi connectivity index (χ4v) is 3.41. The summed E-state index contributed by atoms with van der Waals surface area (Å²) >= 11 is 0. The number of amides is 1. The van der Waals surface area contributed by atoms with Gasteiger partial charge in [-0.1, -0.05) is 0 Å². The van der Waals surface area contributed by atoms with Gasteiger partial charge in [0.2, 0.25) is 0 Å². The monoisotopic (exact) mass is 337 g/mol. The van der Waals surface area contributed by atoms with Crippen molar-refractivity contribution in [3.05, 3.63) is 47.7 Å². The van der Waals surface area contributed by atoms with Crippen molar-refractivity contribution < 1.29 is 4.79 Å². The maximum atomic E-state index is 13.0. The van der Waals surface area contributed by atoms with E-state index in [9.17, 15) is 4.79 Å². The number of anilines is 1. The molecule has 2 aliphatic rings. The van der Waals surface area contributed by atoms with Gasteiger partial charge in [0.15, 0.2) is 0 Å². The molecule has 0 N–H and O–H groups in total. The van der Waals surface area contributed by atoms with Gasteiger partial charge in [0, 0.05) is 45.1 Å². The van der Waals surface area contributed by atoms with Gasteiger partial charge in [0.25, 0.3) is 5.91 Å². The highest BCUT2D eigenvalue weighted by molar-refractivity contribution is 5.94. The summed E-state index contributed by atoms with van der Waals surface area (Å²) < 4.78 is 0. The van der Waals surface area contributed by atoms with E-state index in [1.807, 2.05) is 36.2 Å². The third-order valence-electron chi connectivity index (χ3n) is 4.99. The summed E-state index contributed by atoms with van der Waals surface area (Å²) in [6.07, 6.45) is 9.52. The van der Waals surface area contributed by atoms with E-state index in [2.05, 4.69) is 21.0 Å². The highest BCUT2D eigenvalue weighted by Gasteiger charge is 2.32. The fourth-order valence-electron chi connectivity index (χ4n) is 3.41. The first-order valence-corrected chi connectivity index (χ1v) is 8.89. The van der Waals surface area contributed by atoms with Crippen LogP contribution in [-0.4, -0.2) is 46.4 Å². The van der Waals surface area contributed by atoms with Gasteiger partial charge in [-0.05, 0) is 43.4 Å². The summed E-state index contributed by atoms with van der Waals surface area (Å²) in [6.45, 7) is 0.771. The topological polar surface area (TPSA) is 62.2 Å². The molecular formula is C19H23N5O. The van der Waals surface area contributed by atoms with Crippen LogP contribution in [0.5, 0.6) is 0 Å². The minimum Gasteiger partial charge on any atom is -0.363 e. The van der Waals surface area contributed by atoms with E-state index in [-0.39, 0.29) is 11.9 Å². The molecule has 1 saturated heterocycles. The number of likely N-dealkylation sites (tertiary alicyclic amines) is 1. The molecule has 1 aliphatic heterocycles. The van der Waals surface area contributed by atoms with Crippen LogP contribution in [0, 0.1) is 0 Å². The van der Waals surface area contributed by atoms with E-state index in [0.717, 1.165) is 49.4 Å². The van der Waals surface area contributed by atoms with Crippen LogP contribution in [0.3, 0.4) is 0 Å². The Morgan fingerprint density at radius 1 is 1.16 bits per heavy atom. The summed E-state index contributed by atoms with van der Waals surface area (Å²) in [7, 11) is 3.95. The molecular weight excluding hydrogens is 314 g/mol. The van der Waals surface area contributed by atoms with Crippen molar-refractivity contribution in [1.82, 2.24) is 19.9 Å². The van der Waals surface area contributed by atoms with E-state index < -0.39 is 0 Å². The van der Waals surface area contributed by atoms with Crippen LogP contribution in [0.15, 0.2) is 30.7 Å². The van der Waals surface area contributed by atoms with Gasteiger partial charge < -0.3 is 9.80 Å². The molecule has 6 heteroatoms. The third-order valence-corrected chi connectivity index (χ3v) is 4.99. The lowest BCUT2D eigenvalue weighted by Gasteiger charge is -2.25. The number of nitrogens with zero attached hydrogens (tertiary/aromatic N) is 5. The summed E-state index contributed by atoms with van der Waals surface area (Å²) in [4.78, 5) is 30.1.